The molecule has 0 saturated carbocycles. The number of benzene rings is 2. The van der Waals surface area contributed by atoms with Crippen molar-refractivity contribution in [3.63, 3.8) is 0 Å². The monoisotopic (exact) mass is 256 g/mol. The molecule has 96 valence electrons. The summed E-state index contributed by atoms with van der Waals surface area (Å²) in [5.74, 6) is 0.162. The average Bonchev–Trinajstić information content (AvgIpc) is 2.42. The SMILES string of the molecule is O=C1C[C@H](c2ccc(O)c(O)c2)Oc2ccccc21. The molecular weight excluding hydrogens is 244 g/mol. The first-order valence-electron chi connectivity index (χ1n) is 5.96. The van der Waals surface area contributed by atoms with Crippen LogP contribution in [0.3, 0.4) is 0 Å². The molecule has 1 aliphatic heterocycles. The van der Waals surface area contributed by atoms with Crippen LogP contribution in [0.25, 0.3) is 0 Å². The van der Waals surface area contributed by atoms with Gasteiger partial charge in [-0.15, -0.1) is 0 Å². The summed E-state index contributed by atoms with van der Waals surface area (Å²) in [6, 6.07) is 11.5. The summed E-state index contributed by atoms with van der Waals surface area (Å²) in [5, 5.41) is 18.8. The number of fused-ring (bicyclic) bond motifs is 1. The molecule has 1 aliphatic rings. The van der Waals surface area contributed by atoms with E-state index in [2.05, 4.69) is 0 Å². The molecule has 0 unspecified atom stereocenters. The second-order valence-electron chi connectivity index (χ2n) is 4.48. The molecule has 2 aromatic carbocycles. The molecule has 0 radical (unpaired) electrons. The van der Waals surface area contributed by atoms with Crippen LogP contribution >= 0.6 is 0 Å². The molecule has 0 aromatic heterocycles. The first-order valence-corrected chi connectivity index (χ1v) is 5.96. The Bertz CT molecular complexity index is 648. The maximum absolute atomic E-state index is 12.0. The Morgan fingerprint density at radius 3 is 2.63 bits per heavy atom. The fourth-order valence-electron chi connectivity index (χ4n) is 2.20. The van der Waals surface area contributed by atoms with Gasteiger partial charge in [-0.25, -0.2) is 0 Å². The predicted molar refractivity (Wildman–Crippen MR) is 68.5 cm³/mol. The van der Waals surface area contributed by atoms with Gasteiger partial charge in [0.15, 0.2) is 17.3 Å². The zero-order valence-corrected chi connectivity index (χ0v) is 10.0. The summed E-state index contributed by atoms with van der Waals surface area (Å²) in [7, 11) is 0. The van der Waals surface area contributed by atoms with Crippen LogP contribution in [0.4, 0.5) is 0 Å². The van der Waals surface area contributed by atoms with E-state index in [1.54, 1.807) is 24.3 Å². The molecule has 0 amide bonds. The largest absolute Gasteiger partial charge is 0.504 e. The number of carbonyl (C=O) groups is 1. The molecule has 0 bridgehead atoms. The lowest BCUT2D eigenvalue weighted by molar-refractivity contribution is 0.0849. The van der Waals surface area contributed by atoms with Crippen LogP contribution in [0.5, 0.6) is 17.2 Å². The minimum atomic E-state index is -0.436. The Kier molecular flexibility index (Phi) is 2.63. The fraction of sp³-hybridized carbons (Fsp3) is 0.133. The van der Waals surface area contributed by atoms with Crippen molar-refractivity contribution in [2.24, 2.45) is 0 Å². The Morgan fingerprint density at radius 1 is 1.05 bits per heavy atom. The minimum absolute atomic E-state index is 0.0133. The highest BCUT2D eigenvalue weighted by Gasteiger charge is 2.27. The lowest BCUT2D eigenvalue weighted by atomic mass is 9.96. The van der Waals surface area contributed by atoms with Crippen LogP contribution in [-0.2, 0) is 0 Å². The van der Waals surface area contributed by atoms with Gasteiger partial charge in [-0.3, -0.25) is 4.79 Å². The summed E-state index contributed by atoms with van der Waals surface area (Å²) >= 11 is 0. The highest BCUT2D eigenvalue weighted by atomic mass is 16.5. The third-order valence-corrected chi connectivity index (χ3v) is 3.20. The molecule has 4 heteroatoms. The van der Waals surface area contributed by atoms with Crippen molar-refractivity contribution < 1.29 is 19.7 Å². The topological polar surface area (TPSA) is 66.8 Å². The maximum Gasteiger partial charge on any atom is 0.170 e. The van der Waals surface area contributed by atoms with Gasteiger partial charge in [-0.05, 0) is 29.8 Å². The predicted octanol–water partition coefficient (Wildman–Crippen LogP) is 2.80. The lowest BCUT2D eigenvalue weighted by Gasteiger charge is -2.25. The summed E-state index contributed by atoms with van der Waals surface area (Å²) in [5.41, 5.74) is 1.25. The van der Waals surface area contributed by atoms with Crippen molar-refractivity contribution >= 4 is 5.78 Å². The summed E-state index contributed by atoms with van der Waals surface area (Å²) in [6.45, 7) is 0. The number of Topliss-reactive ketones (excluding diaryl/α,β-unsaturated/α-hetero) is 1. The average molecular weight is 256 g/mol. The van der Waals surface area contributed by atoms with Crippen LogP contribution in [0.15, 0.2) is 42.5 Å². The van der Waals surface area contributed by atoms with Gasteiger partial charge < -0.3 is 14.9 Å². The Balaban J connectivity index is 1.96. The van der Waals surface area contributed by atoms with Crippen molar-refractivity contribution in [3.8, 4) is 17.2 Å². The van der Waals surface area contributed by atoms with E-state index in [9.17, 15) is 15.0 Å². The first-order chi connectivity index (χ1) is 9.15. The quantitative estimate of drug-likeness (QED) is 0.770. The van der Waals surface area contributed by atoms with Crippen LogP contribution < -0.4 is 4.74 Å². The summed E-state index contributed by atoms with van der Waals surface area (Å²) in [6.07, 6.45) is -0.213. The molecule has 0 saturated heterocycles. The highest BCUT2D eigenvalue weighted by molar-refractivity contribution is 5.99. The number of rotatable bonds is 1. The zero-order chi connectivity index (χ0) is 13.4. The third kappa shape index (κ3) is 2.01. The van der Waals surface area contributed by atoms with E-state index >= 15 is 0 Å². The van der Waals surface area contributed by atoms with Gasteiger partial charge in [0.1, 0.15) is 11.9 Å². The summed E-state index contributed by atoms with van der Waals surface area (Å²) < 4.78 is 5.77. The minimum Gasteiger partial charge on any atom is -0.504 e. The second kappa shape index (κ2) is 4.31. The van der Waals surface area contributed by atoms with E-state index in [0.717, 1.165) is 0 Å². The van der Waals surface area contributed by atoms with E-state index in [1.165, 1.54) is 12.1 Å². The number of carbonyl (C=O) groups excluding carboxylic acids is 1. The normalized spacial score (nSPS) is 17.7. The van der Waals surface area contributed by atoms with Crippen molar-refractivity contribution in [2.45, 2.75) is 12.5 Å². The van der Waals surface area contributed by atoms with E-state index in [-0.39, 0.29) is 23.7 Å². The van der Waals surface area contributed by atoms with Crippen LogP contribution in [0, 0.1) is 0 Å². The number of phenolic OH excluding ortho intramolecular Hbond substituents is 2. The molecule has 0 spiro atoms. The number of para-hydroxylation sites is 1. The molecule has 0 aliphatic carbocycles. The first kappa shape index (κ1) is 11.6. The van der Waals surface area contributed by atoms with E-state index < -0.39 is 6.10 Å². The molecule has 1 atom stereocenters. The van der Waals surface area contributed by atoms with Gasteiger partial charge in [-0.1, -0.05) is 18.2 Å². The van der Waals surface area contributed by atoms with Gasteiger partial charge >= 0.3 is 0 Å². The molecule has 4 nitrogen and oxygen atoms in total. The Morgan fingerprint density at radius 2 is 1.84 bits per heavy atom. The Hall–Kier alpha value is -2.49. The number of hydrogen-bond donors (Lipinski definition) is 2. The van der Waals surface area contributed by atoms with Gasteiger partial charge in [-0.2, -0.15) is 0 Å². The molecule has 2 aromatic rings. The standard InChI is InChI=1S/C15H12O4/c16-11-6-5-9(7-13(11)18)15-8-12(17)10-3-1-2-4-14(10)19-15/h1-7,15-16,18H,8H2/t15-/m1/s1. The number of hydrogen-bond acceptors (Lipinski definition) is 4. The smallest absolute Gasteiger partial charge is 0.170 e. The van der Waals surface area contributed by atoms with Gasteiger partial charge in [0.05, 0.1) is 12.0 Å². The fourth-order valence-corrected chi connectivity index (χ4v) is 2.20. The number of aromatic hydroxyl groups is 2. The number of ether oxygens (including phenoxy) is 1. The van der Waals surface area contributed by atoms with E-state index in [1.807, 2.05) is 6.07 Å². The van der Waals surface area contributed by atoms with Crippen LogP contribution in [-0.4, -0.2) is 16.0 Å². The lowest BCUT2D eigenvalue weighted by Crippen LogP contribution is -2.20. The molecule has 3 rings (SSSR count). The van der Waals surface area contributed by atoms with E-state index in [0.29, 0.717) is 16.9 Å². The maximum atomic E-state index is 12.0. The molecule has 2 N–H and O–H groups in total. The van der Waals surface area contributed by atoms with Crippen molar-refractivity contribution in [3.05, 3.63) is 53.6 Å². The Labute approximate surface area is 109 Å². The van der Waals surface area contributed by atoms with Gasteiger partial charge in [0.25, 0.3) is 0 Å². The van der Waals surface area contributed by atoms with Crippen molar-refractivity contribution in [2.75, 3.05) is 0 Å². The van der Waals surface area contributed by atoms with Gasteiger partial charge in [0.2, 0.25) is 0 Å². The van der Waals surface area contributed by atoms with Crippen molar-refractivity contribution in [1.29, 1.82) is 0 Å². The number of phenols is 2. The van der Waals surface area contributed by atoms with Crippen LogP contribution in [0.2, 0.25) is 0 Å². The third-order valence-electron chi connectivity index (χ3n) is 3.20. The molecular formula is C15H12O4. The molecule has 1 heterocycles. The molecule has 19 heavy (non-hydrogen) atoms. The van der Waals surface area contributed by atoms with E-state index in [4.69, 9.17) is 4.74 Å². The van der Waals surface area contributed by atoms with Gasteiger partial charge in [0, 0.05) is 0 Å². The second-order valence-corrected chi connectivity index (χ2v) is 4.48. The summed E-state index contributed by atoms with van der Waals surface area (Å²) in [4.78, 5) is 12.0. The van der Waals surface area contributed by atoms with Crippen LogP contribution in [0.1, 0.15) is 28.4 Å². The highest BCUT2D eigenvalue weighted by Crippen LogP contribution is 2.37. The number of ketones is 1. The molecule has 0 fully saturated rings. The zero-order valence-electron chi connectivity index (χ0n) is 10.0. The van der Waals surface area contributed by atoms with Crippen molar-refractivity contribution in [1.82, 2.24) is 0 Å².